The molecule has 0 amide bonds. The van der Waals surface area contributed by atoms with Gasteiger partial charge in [0.05, 0.1) is 5.41 Å². The van der Waals surface area contributed by atoms with Crippen molar-refractivity contribution in [2.24, 2.45) is 11.1 Å². The first-order chi connectivity index (χ1) is 7.64. The number of nitrogens with zero attached hydrogens (tertiary/aromatic N) is 1. The Morgan fingerprint density at radius 3 is 2.81 bits per heavy atom. The third-order valence-electron chi connectivity index (χ3n) is 2.84. The van der Waals surface area contributed by atoms with Crippen LogP contribution in [0.2, 0.25) is 0 Å². The van der Waals surface area contributed by atoms with Gasteiger partial charge in [-0.05, 0) is 24.5 Å². The van der Waals surface area contributed by atoms with Crippen molar-refractivity contribution in [2.75, 3.05) is 6.54 Å². The van der Waals surface area contributed by atoms with Crippen LogP contribution in [0.25, 0.3) is 0 Å². The van der Waals surface area contributed by atoms with Crippen LogP contribution >= 0.6 is 0 Å². The van der Waals surface area contributed by atoms with Crippen LogP contribution in [-0.4, -0.2) is 22.6 Å². The van der Waals surface area contributed by atoms with E-state index in [4.69, 9.17) is 5.73 Å². The number of nitrogens with two attached hydrogens (primary N) is 1. The van der Waals surface area contributed by atoms with Gasteiger partial charge in [-0.3, -0.25) is 9.78 Å². The molecule has 0 fully saturated rings. The molecule has 1 rings (SSSR count). The lowest BCUT2D eigenvalue weighted by Crippen LogP contribution is -2.40. The molecule has 0 saturated heterocycles. The summed E-state index contributed by atoms with van der Waals surface area (Å²) in [5.74, 6) is -0.819. The van der Waals surface area contributed by atoms with Gasteiger partial charge >= 0.3 is 5.97 Å². The monoisotopic (exact) mass is 222 g/mol. The van der Waals surface area contributed by atoms with E-state index < -0.39 is 11.4 Å². The zero-order valence-corrected chi connectivity index (χ0v) is 9.52. The van der Waals surface area contributed by atoms with E-state index in [0.717, 1.165) is 12.0 Å². The first-order valence-corrected chi connectivity index (χ1v) is 5.47. The molecule has 1 unspecified atom stereocenters. The molecule has 0 aliphatic heterocycles. The first-order valence-electron chi connectivity index (χ1n) is 5.47. The van der Waals surface area contributed by atoms with Crippen LogP contribution in [-0.2, 0) is 11.2 Å². The SMILES string of the molecule is CCCC(CN)(Cc1cccnc1)C(=O)O. The van der Waals surface area contributed by atoms with Gasteiger partial charge in [-0.2, -0.15) is 0 Å². The van der Waals surface area contributed by atoms with E-state index in [0.29, 0.717) is 12.8 Å². The van der Waals surface area contributed by atoms with Gasteiger partial charge in [0.25, 0.3) is 0 Å². The number of hydrogen-bond acceptors (Lipinski definition) is 3. The second-order valence-corrected chi connectivity index (χ2v) is 4.08. The van der Waals surface area contributed by atoms with E-state index in [2.05, 4.69) is 4.98 Å². The number of carbonyl (C=O) groups is 1. The van der Waals surface area contributed by atoms with Gasteiger partial charge in [-0.25, -0.2) is 0 Å². The summed E-state index contributed by atoms with van der Waals surface area (Å²) in [6.45, 7) is 2.13. The van der Waals surface area contributed by atoms with E-state index in [1.54, 1.807) is 12.4 Å². The Balaban J connectivity index is 2.90. The van der Waals surface area contributed by atoms with Crippen molar-refractivity contribution in [3.63, 3.8) is 0 Å². The van der Waals surface area contributed by atoms with Crippen molar-refractivity contribution in [3.8, 4) is 0 Å². The van der Waals surface area contributed by atoms with Crippen molar-refractivity contribution in [1.82, 2.24) is 4.98 Å². The average molecular weight is 222 g/mol. The van der Waals surface area contributed by atoms with Crippen LogP contribution in [0.1, 0.15) is 25.3 Å². The minimum atomic E-state index is -0.849. The number of carboxylic acids is 1. The zero-order chi connectivity index (χ0) is 12.0. The molecule has 0 bridgehead atoms. The highest BCUT2D eigenvalue weighted by Crippen LogP contribution is 2.27. The number of hydrogen-bond donors (Lipinski definition) is 2. The highest BCUT2D eigenvalue weighted by molar-refractivity contribution is 5.75. The molecule has 1 aromatic rings. The second-order valence-electron chi connectivity index (χ2n) is 4.08. The van der Waals surface area contributed by atoms with E-state index in [-0.39, 0.29) is 6.54 Å². The van der Waals surface area contributed by atoms with Gasteiger partial charge < -0.3 is 10.8 Å². The van der Waals surface area contributed by atoms with Crippen LogP contribution < -0.4 is 5.73 Å². The van der Waals surface area contributed by atoms with Gasteiger partial charge in [-0.1, -0.05) is 19.4 Å². The van der Waals surface area contributed by atoms with Gasteiger partial charge in [0, 0.05) is 18.9 Å². The number of aliphatic carboxylic acids is 1. The number of carboxylic acid groups (broad SMARTS) is 1. The van der Waals surface area contributed by atoms with E-state index >= 15 is 0 Å². The highest BCUT2D eigenvalue weighted by Gasteiger charge is 2.36. The Morgan fingerprint density at radius 2 is 2.38 bits per heavy atom. The minimum absolute atomic E-state index is 0.158. The third-order valence-corrected chi connectivity index (χ3v) is 2.84. The standard InChI is InChI=1S/C12H18N2O2/c1-2-5-12(9-13,11(15)16)7-10-4-3-6-14-8-10/h3-4,6,8H,2,5,7,9,13H2,1H3,(H,15,16). The Hall–Kier alpha value is -1.42. The Morgan fingerprint density at radius 1 is 1.62 bits per heavy atom. The van der Waals surface area contributed by atoms with Crippen molar-refractivity contribution in [2.45, 2.75) is 26.2 Å². The van der Waals surface area contributed by atoms with Gasteiger partial charge in [-0.15, -0.1) is 0 Å². The van der Waals surface area contributed by atoms with E-state index in [1.165, 1.54) is 0 Å². The molecule has 1 aromatic heterocycles. The van der Waals surface area contributed by atoms with Crippen LogP contribution in [0, 0.1) is 5.41 Å². The van der Waals surface area contributed by atoms with Crippen LogP contribution in [0.5, 0.6) is 0 Å². The quantitative estimate of drug-likeness (QED) is 0.763. The number of aromatic nitrogens is 1. The molecule has 4 nitrogen and oxygen atoms in total. The normalized spacial score (nSPS) is 14.4. The minimum Gasteiger partial charge on any atom is -0.481 e. The van der Waals surface area contributed by atoms with Crippen LogP contribution in [0.3, 0.4) is 0 Å². The summed E-state index contributed by atoms with van der Waals surface area (Å²) < 4.78 is 0. The molecular formula is C12H18N2O2. The van der Waals surface area contributed by atoms with Crippen molar-refractivity contribution < 1.29 is 9.90 Å². The molecule has 0 aliphatic rings. The molecule has 0 saturated carbocycles. The van der Waals surface area contributed by atoms with Crippen molar-refractivity contribution in [1.29, 1.82) is 0 Å². The van der Waals surface area contributed by atoms with Gasteiger partial charge in [0.15, 0.2) is 0 Å². The Labute approximate surface area is 95.5 Å². The molecule has 3 N–H and O–H groups in total. The van der Waals surface area contributed by atoms with Crippen LogP contribution in [0.4, 0.5) is 0 Å². The lowest BCUT2D eigenvalue weighted by Gasteiger charge is -2.27. The maximum atomic E-state index is 11.3. The lowest BCUT2D eigenvalue weighted by atomic mass is 9.78. The largest absolute Gasteiger partial charge is 0.481 e. The zero-order valence-electron chi connectivity index (χ0n) is 9.52. The predicted octanol–water partition coefficient (Wildman–Crippen LogP) is 1.45. The fraction of sp³-hybridized carbons (Fsp3) is 0.500. The molecule has 0 aromatic carbocycles. The van der Waals surface area contributed by atoms with E-state index in [9.17, 15) is 9.90 Å². The number of rotatable bonds is 6. The predicted molar refractivity (Wildman–Crippen MR) is 62.0 cm³/mol. The summed E-state index contributed by atoms with van der Waals surface area (Å²) in [6.07, 6.45) is 5.22. The second kappa shape index (κ2) is 5.61. The summed E-state index contributed by atoms with van der Waals surface area (Å²) >= 11 is 0. The molecule has 1 heterocycles. The summed E-state index contributed by atoms with van der Waals surface area (Å²) in [5.41, 5.74) is 5.71. The fourth-order valence-corrected chi connectivity index (χ4v) is 1.90. The Bertz CT molecular complexity index is 340. The third kappa shape index (κ3) is 2.79. The molecular weight excluding hydrogens is 204 g/mol. The van der Waals surface area contributed by atoms with Gasteiger partial charge in [0.1, 0.15) is 0 Å². The van der Waals surface area contributed by atoms with Gasteiger partial charge in [0.2, 0.25) is 0 Å². The fourth-order valence-electron chi connectivity index (χ4n) is 1.90. The smallest absolute Gasteiger partial charge is 0.311 e. The van der Waals surface area contributed by atoms with E-state index in [1.807, 2.05) is 19.1 Å². The first kappa shape index (κ1) is 12.6. The number of pyridine rings is 1. The molecule has 1 atom stereocenters. The van der Waals surface area contributed by atoms with Crippen LogP contribution in [0.15, 0.2) is 24.5 Å². The molecule has 0 radical (unpaired) electrons. The maximum Gasteiger partial charge on any atom is 0.311 e. The van der Waals surface area contributed by atoms with Crippen molar-refractivity contribution in [3.05, 3.63) is 30.1 Å². The molecule has 88 valence electrons. The summed E-state index contributed by atoms with van der Waals surface area (Å²) in [5, 5.41) is 9.32. The topological polar surface area (TPSA) is 76.2 Å². The lowest BCUT2D eigenvalue weighted by molar-refractivity contribution is -0.148. The molecule has 0 spiro atoms. The highest BCUT2D eigenvalue weighted by atomic mass is 16.4. The molecule has 4 heteroatoms. The average Bonchev–Trinajstić information content (AvgIpc) is 2.29. The molecule has 16 heavy (non-hydrogen) atoms. The van der Waals surface area contributed by atoms with Crippen molar-refractivity contribution >= 4 is 5.97 Å². The molecule has 0 aliphatic carbocycles. The Kier molecular flexibility index (Phi) is 4.43. The summed E-state index contributed by atoms with van der Waals surface area (Å²) in [6, 6.07) is 3.69. The maximum absolute atomic E-state index is 11.3. The summed E-state index contributed by atoms with van der Waals surface area (Å²) in [7, 11) is 0. The summed E-state index contributed by atoms with van der Waals surface area (Å²) in [4.78, 5) is 15.3.